The maximum Gasteiger partial charge on any atom is 0.128 e. The minimum atomic E-state index is 0.629. The Morgan fingerprint density at radius 2 is 1.74 bits per heavy atom. The zero-order valence-corrected chi connectivity index (χ0v) is 13.0. The molecular formula is C16H27N3. The summed E-state index contributed by atoms with van der Waals surface area (Å²) < 4.78 is 0. The van der Waals surface area contributed by atoms with Gasteiger partial charge in [0.25, 0.3) is 0 Å². The zero-order chi connectivity index (χ0) is 14.7. The van der Waals surface area contributed by atoms with Crippen LogP contribution in [0.4, 0.5) is 5.82 Å². The number of nitrogens with zero attached hydrogens (tertiary/aromatic N) is 3. The zero-order valence-electron chi connectivity index (χ0n) is 13.0. The average molecular weight is 261 g/mol. The SMILES string of the molecule is CC.CC.CC1CCN(c2ccc(C#N)cn2)CC1. The first kappa shape index (κ1) is 17.4. The molecule has 1 fully saturated rings. The van der Waals surface area contributed by atoms with Gasteiger partial charge in [0.05, 0.1) is 5.56 Å². The Kier molecular flexibility index (Phi) is 9.52. The van der Waals surface area contributed by atoms with Gasteiger partial charge in [-0.3, -0.25) is 0 Å². The lowest BCUT2D eigenvalue weighted by Gasteiger charge is -2.31. The van der Waals surface area contributed by atoms with Crippen LogP contribution in [0.15, 0.2) is 18.3 Å². The molecule has 0 atom stereocenters. The molecule has 3 heteroatoms. The molecule has 2 heterocycles. The van der Waals surface area contributed by atoms with Crippen molar-refractivity contribution in [2.45, 2.75) is 47.5 Å². The van der Waals surface area contributed by atoms with Gasteiger partial charge in [-0.2, -0.15) is 5.26 Å². The largest absolute Gasteiger partial charge is 0.357 e. The molecule has 0 bridgehead atoms. The molecule has 1 aromatic heterocycles. The van der Waals surface area contributed by atoms with Crippen molar-refractivity contribution in [3.05, 3.63) is 23.9 Å². The Hall–Kier alpha value is -1.56. The number of rotatable bonds is 1. The molecule has 0 amide bonds. The molecular weight excluding hydrogens is 234 g/mol. The van der Waals surface area contributed by atoms with Crippen LogP contribution < -0.4 is 4.90 Å². The van der Waals surface area contributed by atoms with Crippen LogP contribution in [-0.2, 0) is 0 Å². The summed E-state index contributed by atoms with van der Waals surface area (Å²) in [5, 5.41) is 8.67. The van der Waals surface area contributed by atoms with Crippen LogP contribution in [0, 0.1) is 17.2 Å². The van der Waals surface area contributed by atoms with E-state index >= 15 is 0 Å². The van der Waals surface area contributed by atoms with Crippen molar-refractivity contribution in [2.75, 3.05) is 18.0 Å². The normalized spacial score (nSPS) is 14.4. The summed E-state index contributed by atoms with van der Waals surface area (Å²) in [5.74, 6) is 1.83. The molecule has 0 N–H and O–H groups in total. The van der Waals surface area contributed by atoms with Crippen molar-refractivity contribution in [3.8, 4) is 6.07 Å². The maximum absolute atomic E-state index is 8.67. The van der Waals surface area contributed by atoms with Gasteiger partial charge in [0.1, 0.15) is 11.9 Å². The Labute approximate surface area is 118 Å². The topological polar surface area (TPSA) is 39.9 Å². The molecule has 0 radical (unpaired) electrons. The van der Waals surface area contributed by atoms with Gasteiger partial charge in [-0.25, -0.2) is 4.98 Å². The summed E-state index contributed by atoms with van der Waals surface area (Å²) in [6.07, 6.45) is 4.12. The first-order chi connectivity index (χ1) is 9.29. The van der Waals surface area contributed by atoms with Crippen molar-refractivity contribution >= 4 is 5.82 Å². The number of anilines is 1. The molecule has 0 aromatic carbocycles. The van der Waals surface area contributed by atoms with E-state index in [-0.39, 0.29) is 0 Å². The molecule has 1 aromatic rings. The lowest BCUT2D eigenvalue weighted by atomic mass is 9.99. The lowest BCUT2D eigenvalue weighted by molar-refractivity contribution is 0.436. The third-order valence-corrected chi connectivity index (χ3v) is 2.98. The average Bonchev–Trinajstić information content (AvgIpc) is 2.52. The summed E-state index contributed by atoms with van der Waals surface area (Å²) >= 11 is 0. The fraction of sp³-hybridized carbons (Fsp3) is 0.625. The number of hydrogen-bond donors (Lipinski definition) is 0. The number of piperidine rings is 1. The molecule has 1 saturated heterocycles. The first-order valence-corrected chi connectivity index (χ1v) is 7.40. The van der Waals surface area contributed by atoms with Gasteiger partial charge < -0.3 is 4.90 Å². The highest BCUT2D eigenvalue weighted by Crippen LogP contribution is 2.20. The van der Waals surface area contributed by atoms with E-state index in [0.29, 0.717) is 5.56 Å². The third-order valence-electron chi connectivity index (χ3n) is 2.98. The standard InChI is InChI=1S/C12H15N3.2C2H6/c1-10-4-6-15(7-5-10)12-3-2-11(8-13)9-14-12;2*1-2/h2-3,9-10H,4-7H2,1H3;2*1-2H3. The van der Waals surface area contributed by atoms with Gasteiger partial charge in [-0.1, -0.05) is 34.6 Å². The highest BCUT2D eigenvalue weighted by Gasteiger charge is 2.16. The number of nitriles is 1. The van der Waals surface area contributed by atoms with Crippen LogP contribution in [0.25, 0.3) is 0 Å². The smallest absolute Gasteiger partial charge is 0.128 e. The summed E-state index contributed by atoms with van der Waals surface area (Å²) in [6.45, 7) is 12.5. The second-order valence-corrected chi connectivity index (χ2v) is 4.19. The molecule has 106 valence electrons. The maximum atomic E-state index is 8.67. The van der Waals surface area contributed by atoms with Crippen LogP contribution in [0.2, 0.25) is 0 Å². The number of aromatic nitrogens is 1. The van der Waals surface area contributed by atoms with E-state index in [1.165, 1.54) is 12.8 Å². The van der Waals surface area contributed by atoms with E-state index in [1.54, 1.807) is 6.20 Å². The Morgan fingerprint density at radius 3 is 2.16 bits per heavy atom. The highest BCUT2D eigenvalue weighted by molar-refractivity contribution is 5.42. The first-order valence-electron chi connectivity index (χ1n) is 7.40. The molecule has 19 heavy (non-hydrogen) atoms. The van der Waals surface area contributed by atoms with Crippen molar-refractivity contribution in [1.82, 2.24) is 4.98 Å². The van der Waals surface area contributed by atoms with E-state index in [9.17, 15) is 0 Å². The summed E-state index contributed by atoms with van der Waals surface area (Å²) in [4.78, 5) is 6.59. The van der Waals surface area contributed by atoms with Crippen molar-refractivity contribution in [1.29, 1.82) is 5.26 Å². The highest BCUT2D eigenvalue weighted by atomic mass is 15.2. The summed E-state index contributed by atoms with van der Waals surface area (Å²) in [6, 6.07) is 5.86. The molecule has 1 aliphatic rings. The molecule has 2 rings (SSSR count). The number of hydrogen-bond acceptors (Lipinski definition) is 3. The molecule has 0 unspecified atom stereocenters. The van der Waals surface area contributed by atoms with Crippen LogP contribution in [0.1, 0.15) is 53.0 Å². The number of pyridine rings is 1. The molecule has 0 saturated carbocycles. The van der Waals surface area contributed by atoms with Gasteiger partial charge in [0.2, 0.25) is 0 Å². The minimum absolute atomic E-state index is 0.629. The monoisotopic (exact) mass is 261 g/mol. The molecule has 0 spiro atoms. The van der Waals surface area contributed by atoms with Gasteiger partial charge in [0, 0.05) is 19.3 Å². The lowest BCUT2D eigenvalue weighted by Crippen LogP contribution is -2.33. The van der Waals surface area contributed by atoms with Gasteiger partial charge in [0.15, 0.2) is 0 Å². The van der Waals surface area contributed by atoms with Crippen LogP contribution in [0.3, 0.4) is 0 Å². The van der Waals surface area contributed by atoms with E-state index < -0.39 is 0 Å². The van der Waals surface area contributed by atoms with E-state index in [1.807, 2.05) is 39.8 Å². The van der Waals surface area contributed by atoms with E-state index in [0.717, 1.165) is 24.8 Å². The van der Waals surface area contributed by atoms with Crippen LogP contribution >= 0.6 is 0 Å². The second-order valence-electron chi connectivity index (χ2n) is 4.19. The van der Waals surface area contributed by atoms with E-state index in [4.69, 9.17) is 5.26 Å². The van der Waals surface area contributed by atoms with Crippen molar-refractivity contribution < 1.29 is 0 Å². The van der Waals surface area contributed by atoms with Crippen molar-refractivity contribution in [2.24, 2.45) is 5.92 Å². The van der Waals surface area contributed by atoms with Gasteiger partial charge in [-0.15, -0.1) is 0 Å². The molecule has 3 nitrogen and oxygen atoms in total. The van der Waals surface area contributed by atoms with Crippen LogP contribution in [0.5, 0.6) is 0 Å². The molecule has 0 aliphatic carbocycles. The Morgan fingerprint density at radius 1 is 1.16 bits per heavy atom. The second kappa shape index (κ2) is 10.4. The van der Waals surface area contributed by atoms with Gasteiger partial charge in [-0.05, 0) is 30.9 Å². The predicted octanol–water partition coefficient (Wildman–Crippen LogP) is 4.24. The Balaban J connectivity index is 0.000000741. The fourth-order valence-corrected chi connectivity index (χ4v) is 1.88. The quantitative estimate of drug-likeness (QED) is 0.759. The summed E-state index contributed by atoms with van der Waals surface area (Å²) in [7, 11) is 0. The summed E-state index contributed by atoms with van der Waals surface area (Å²) in [5.41, 5.74) is 0.629. The van der Waals surface area contributed by atoms with Crippen molar-refractivity contribution in [3.63, 3.8) is 0 Å². The molecule has 1 aliphatic heterocycles. The fourth-order valence-electron chi connectivity index (χ4n) is 1.88. The predicted molar refractivity (Wildman–Crippen MR) is 82.3 cm³/mol. The third kappa shape index (κ3) is 5.74. The Bertz CT molecular complexity index is 357. The minimum Gasteiger partial charge on any atom is -0.357 e. The van der Waals surface area contributed by atoms with Gasteiger partial charge >= 0.3 is 0 Å². The van der Waals surface area contributed by atoms with E-state index in [2.05, 4.69) is 22.9 Å². The van der Waals surface area contributed by atoms with Crippen LogP contribution in [-0.4, -0.2) is 18.1 Å².